The number of carbonyl (C=O) groups excluding carboxylic acids is 2. The van der Waals surface area contributed by atoms with E-state index in [4.69, 9.17) is 19.9 Å². The molecule has 0 unspecified atom stereocenters. The molecule has 0 aromatic carbocycles. The molecule has 0 radical (unpaired) electrons. The predicted octanol–water partition coefficient (Wildman–Crippen LogP) is 6.11. The van der Waals surface area contributed by atoms with Crippen LogP contribution in [0.5, 0.6) is 0 Å². The van der Waals surface area contributed by atoms with Gasteiger partial charge in [0.25, 0.3) is 0 Å². The van der Waals surface area contributed by atoms with Gasteiger partial charge in [-0.05, 0) is 33.4 Å². The molecule has 0 aliphatic carbocycles. The van der Waals surface area contributed by atoms with Gasteiger partial charge in [-0.25, -0.2) is 14.5 Å². The third-order valence-electron chi connectivity index (χ3n) is 6.79. The lowest BCUT2D eigenvalue weighted by Crippen LogP contribution is -2.45. The quantitative estimate of drug-likeness (QED) is 0.176. The fourth-order valence-corrected chi connectivity index (χ4v) is 4.47. The molecular weight excluding hydrogens is 458 g/mol. The minimum absolute atomic E-state index is 0.0429. The van der Waals surface area contributed by atoms with E-state index < -0.39 is 12.1 Å². The van der Waals surface area contributed by atoms with Gasteiger partial charge >= 0.3 is 12.1 Å². The summed E-state index contributed by atoms with van der Waals surface area (Å²) < 4.78 is 17.0. The van der Waals surface area contributed by atoms with Crippen molar-refractivity contribution in [2.75, 3.05) is 47.0 Å². The first-order valence-corrected chi connectivity index (χ1v) is 14.6. The average molecular weight is 514 g/mol. The van der Waals surface area contributed by atoms with Crippen molar-refractivity contribution in [3.8, 4) is 0 Å². The minimum atomic E-state index is -0.802. The number of nitrogens with zero attached hydrogens (tertiary/aromatic N) is 2. The number of unbranched alkanes of at least 4 members (excludes halogenated alkanes) is 13. The fraction of sp³-hybridized carbons (Fsp3) is 0.929. The molecule has 2 N–H and O–H groups in total. The van der Waals surface area contributed by atoms with Crippen LogP contribution < -0.4 is 5.73 Å². The summed E-state index contributed by atoms with van der Waals surface area (Å²) in [5.74, 6) is 0. The third-order valence-corrected chi connectivity index (χ3v) is 6.79. The van der Waals surface area contributed by atoms with Crippen LogP contribution in [-0.2, 0) is 14.2 Å². The standard InChI is InChI=1S/C28H55N3O5/c1-4-5-6-7-8-9-10-11-12-13-14-15-16-17-22-34-23-25-18-19-26(36-25)24-35-28(33)31(27(29)32)21-20-30(2)3/h25-26H,4-24H2,1-3H3,(H2,29,32)/t25-,26+/m0/s1. The maximum absolute atomic E-state index is 12.2. The van der Waals surface area contributed by atoms with Crippen LogP contribution in [0, 0.1) is 0 Å². The van der Waals surface area contributed by atoms with Crippen LogP contribution >= 0.6 is 0 Å². The Kier molecular flexibility index (Phi) is 19.7. The second-order valence-corrected chi connectivity index (χ2v) is 10.5. The molecule has 1 saturated heterocycles. The Balaban J connectivity index is 1.93. The minimum Gasteiger partial charge on any atom is -0.446 e. The van der Waals surface area contributed by atoms with E-state index in [0.29, 0.717) is 13.2 Å². The molecule has 0 spiro atoms. The number of urea groups is 1. The summed E-state index contributed by atoms with van der Waals surface area (Å²) >= 11 is 0. The van der Waals surface area contributed by atoms with Crippen molar-refractivity contribution in [2.24, 2.45) is 5.73 Å². The zero-order chi connectivity index (χ0) is 26.4. The van der Waals surface area contributed by atoms with Gasteiger partial charge in [-0.15, -0.1) is 0 Å². The van der Waals surface area contributed by atoms with Crippen LogP contribution in [0.1, 0.15) is 110 Å². The monoisotopic (exact) mass is 513 g/mol. The first-order chi connectivity index (χ1) is 17.4. The molecule has 1 heterocycles. The SMILES string of the molecule is CCCCCCCCCCCCCCCCOC[C@@H]1CC[C@H](COC(=O)N(CCN(C)C)C(N)=O)O1. The van der Waals surface area contributed by atoms with Crippen molar-refractivity contribution in [3.05, 3.63) is 0 Å². The Morgan fingerprint density at radius 1 is 0.778 bits per heavy atom. The number of rotatable bonds is 22. The highest BCUT2D eigenvalue weighted by molar-refractivity contribution is 5.89. The largest absolute Gasteiger partial charge is 0.446 e. The molecule has 1 fully saturated rings. The van der Waals surface area contributed by atoms with Crippen molar-refractivity contribution < 1.29 is 23.8 Å². The Labute approximate surface area is 220 Å². The number of likely N-dealkylation sites (N-methyl/N-ethyl adjacent to an activating group) is 1. The molecule has 0 saturated carbocycles. The topological polar surface area (TPSA) is 94.3 Å². The van der Waals surface area contributed by atoms with Crippen molar-refractivity contribution >= 4 is 12.1 Å². The van der Waals surface area contributed by atoms with Crippen LogP contribution in [-0.4, -0.2) is 81.1 Å². The van der Waals surface area contributed by atoms with E-state index >= 15 is 0 Å². The molecule has 1 rings (SSSR count). The predicted molar refractivity (Wildman–Crippen MR) is 145 cm³/mol. The molecular formula is C28H55N3O5. The number of hydrogen-bond donors (Lipinski definition) is 1. The number of ether oxygens (including phenoxy) is 3. The Morgan fingerprint density at radius 2 is 1.28 bits per heavy atom. The lowest BCUT2D eigenvalue weighted by Gasteiger charge is -2.21. The van der Waals surface area contributed by atoms with Crippen LogP contribution in [0.2, 0.25) is 0 Å². The zero-order valence-electron chi connectivity index (χ0n) is 23.5. The van der Waals surface area contributed by atoms with E-state index in [0.717, 1.165) is 30.8 Å². The highest BCUT2D eigenvalue weighted by atomic mass is 16.6. The van der Waals surface area contributed by atoms with E-state index in [1.165, 1.54) is 83.5 Å². The molecule has 36 heavy (non-hydrogen) atoms. The molecule has 8 heteroatoms. The summed E-state index contributed by atoms with van der Waals surface area (Å²) in [5, 5.41) is 0. The summed E-state index contributed by atoms with van der Waals surface area (Å²) in [4.78, 5) is 26.5. The lowest BCUT2D eigenvalue weighted by atomic mass is 10.0. The molecule has 1 aliphatic heterocycles. The normalized spacial score (nSPS) is 17.6. The van der Waals surface area contributed by atoms with Crippen molar-refractivity contribution in [2.45, 2.75) is 122 Å². The van der Waals surface area contributed by atoms with E-state index in [2.05, 4.69) is 6.92 Å². The van der Waals surface area contributed by atoms with Crippen LogP contribution in [0.4, 0.5) is 9.59 Å². The smallest absolute Gasteiger partial charge is 0.418 e. The Morgan fingerprint density at radius 3 is 1.78 bits per heavy atom. The van der Waals surface area contributed by atoms with Gasteiger partial charge in [0.1, 0.15) is 6.61 Å². The van der Waals surface area contributed by atoms with E-state index in [-0.39, 0.29) is 25.4 Å². The van der Waals surface area contributed by atoms with Gasteiger partial charge in [0.2, 0.25) is 0 Å². The van der Waals surface area contributed by atoms with Gasteiger partial charge in [-0.3, -0.25) is 0 Å². The number of amides is 3. The number of hydrogen-bond acceptors (Lipinski definition) is 6. The maximum atomic E-state index is 12.2. The number of nitrogens with two attached hydrogens (primary N) is 1. The Hall–Kier alpha value is -1.38. The molecule has 212 valence electrons. The Bertz CT molecular complexity index is 561. The van der Waals surface area contributed by atoms with Gasteiger partial charge in [-0.1, -0.05) is 90.4 Å². The van der Waals surface area contributed by atoms with Crippen molar-refractivity contribution in [1.82, 2.24) is 9.80 Å². The van der Waals surface area contributed by atoms with Gasteiger partial charge in [-0.2, -0.15) is 0 Å². The zero-order valence-corrected chi connectivity index (χ0v) is 23.5. The average Bonchev–Trinajstić information content (AvgIpc) is 3.30. The highest BCUT2D eigenvalue weighted by Crippen LogP contribution is 2.21. The molecule has 8 nitrogen and oxygen atoms in total. The number of carbonyl (C=O) groups is 2. The van der Waals surface area contributed by atoms with Crippen molar-refractivity contribution in [3.63, 3.8) is 0 Å². The fourth-order valence-electron chi connectivity index (χ4n) is 4.47. The second-order valence-electron chi connectivity index (χ2n) is 10.5. The molecule has 3 amide bonds. The number of primary amides is 1. The first-order valence-electron chi connectivity index (χ1n) is 14.6. The van der Waals surface area contributed by atoms with Gasteiger partial charge in [0, 0.05) is 19.7 Å². The summed E-state index contributed by atoms with van der Waals surface area (Å²) in [6, 6.07) is -0.802. The highest BCUT2D eigenvalue weighted by Gasteiger charge is 2.28. The number of imide groups is 1. The maximum Gasteiger partial charge on any atom is 0.418 e. The molecule has 2 atom stereocenters. The summed E-state index contributed by atoms with van der Waals surface area (Å²) in [6.45, 7) is 4.48. The van der Waals surface area contributed by atoms with Crippen LogP contribution in [0.25, 0.3) is 0 Å². The van der Waals surface area contributed by atoms with Crippen LogP contribution in [0.15, 0.2) is 0 Å². The second kappa shape index (κ2) is 21.7. The van der Waals surface area contributed by atoms with Gasteiger partial charge in [0.05, 0.1) is 18.8 Å². The first kappa shape index (κ1) is 32.6. The van der Waals surface area contributed by atoms with Crippen molar-refractivity contribution in [1.29, 1.82) is 0 Å². The van der Waals surface area contributed by atoms with E-state index in [9.17, 15) is 9.59 Å². The molecule has 0 aromatic rings. The van der Waals surface area contributed by atoms with Gasteiger partial charge in [0.15, 0.2) is 0 Å². The molecule has 0 bridgehead atoms. The molecule has 1 aliphatic rings. The summed E-state index contributed by atoms with van der Waals surface area (Å²) in [5.41, 5.74) is 5.30. The van der Waals surface area contributed by atoms with Gasteiger partial charge < -0.3 is 24.8 Å². The summed E-state index contributed by atoms with van der Waals surface area (Å²) in [7, 11) is 3.72. The van der Waals surface area contributed by atoms with Crippen LogP contribution in [0.3, 0.4) is 0 Å². The third kappa shape index (κ3) is 17.1. The summed E-state index contributed by atoms with van der Waals surface area (Å²) in [6.07, 6.45) is 19.8. The van der Waals surface area contributed by atoms with E-state index in [1.54, 1.807) is 0 Å². The molecule has 0 aromatic heterocycles. The van der Waals surface area contributed by atoms with E-state index in [1.807, 2.05) is 19.0 Å². The lowest BCUT2D eigenvalue weighted by molar-refractivity contribution is -0.0365.